The lowest BCUT2D eigenvalue weighted by Crippen LogP contribution is -2.43. The number of amides is 1. The van der Waals surface area contributed by atoms with Crippen LogP contribution in [-0.2, 0) is 0 Å². The van der Waals surface area contributed by atoms with Gasteiger partial charge >= 0.3 is 0 Å². The molecule has 5 heteroatoms. The molecule has 0 bridgehead atoms. The maximum Gasteiger partial charge on any atom is 0.252 e. The second kappa shape index (κ2) is 7.77. The summed E-state index contributed by atoms with van der Waals surface area (Å²) in [6.45, 7) is 4.94. The smallest absolute Gasteiger partial charge is 0.252 e. The number of anilines is 1. The van der Waals surface area contributed by atoms with Crippen molar-refractivity contribution in [3.8, 4) is 0 Å². The molecule has 2 aliphatic rings. The molecule has 5 nitrogen and oxygen atoms in total. The van der Waals surface area contributed by atoms with Crippen molar-refractivity contribution in [2.45, 2.75) is 57.5 Å². The van der Waals surface area contributed by atoms with E-state index in [1.807, 2.05) is 19.1 Å². The summed E-state index contributed by atoms with van der Waals surface area (Å²) in [5, 5.41) is 6.31. The van der Waals surface area contributed by atoms with E-state index in [1.54, 1.807) is 6.20 Å². The van der Waals surface area contributed by atoms with Crippen molar-refractivity contribution in [2.24, 2.45) is 0 Å². The monoisotopic (exact) mass is 316 g/mol. The van der Waals surface area contributed by atoms with Crippen LogP contribution in [0.3, 0.4) is 0 Å². The lowest BCUT2D eigenvalue weighted by molar-refractivity contribution is 0.0955. The Bertz CT molecular complexity index is 502. The fraction of sp³-hybridized carbons (Fsp3) is 0.667. The van der Waals surface area contributed by atoms with E-state index in [0.29, 0.717) is 18.2 Å². The molecule has 126 valence electrons. The molecule has 0 atom stereocenters. The molecule has 0 unspecified atom stereocenters. The molecule has 23 heavy (non-hydrogen) atoms. The van der Waals surface area contributed by atoms with E-state index < -0.39 is 0 Å². The summed E-state index contributed by atoms with van der Waals surface area (Å²) in [7, 11) is 0. The zero-order valence-corrected chi connectivity index (χ0v) is 14.1. The molecule has 1 aromatic heterocycles. The molecule has 2 fully saturated rings. The molecule has 1 aliphatic carbocycles. The van der Waals surface area contributed by atoms with Gasteiger partial charge in [0, 0.05) is 37.9 Å². The van der Waals surface area contributed by atoms with Crippen LogP contribution in [0.2, 0.25) is 0 Å². The van der Waals surface area contributed by atoms with Crippen LogP contribution in [0.25, 0.3) is 0 Å². The topological polar surface area (TPSA) is 57.3 Å². The van der Waals surface area contributed by atoms with Crippen molar-refractivity contribution >= 4 is 11.7 Å². The molecule has 1 aliphatic heterocycles. The summed E-state index contributed by atoms with van der Waals surface area (Å²) in [4.78, 5) is 18.8. The minimum atomic E-state index is -0.0589. The Hall–Kier alpha value is -1.62. The average molecular weight is 316 g/mol. The van der Waals surface area contributed by atoms with Gasteiger partial charge in [-0.3, -0.25) is 4.79 Å². The summed E-state index contributed by atoms with van der Waals surface area (Å²) in [6, 6.07) is 5.09. The number of nitrogens with zero attached hydrogens (tertiary/aromatic N) is 2. The Kier molecular flexibility index (Phi) is 5.49. The molecule has 1 saturated carbocycles. The highest BCUT2D eigenvalue weighted by atomic mass is 16.1. The van der Waals surface area contributed by atoms with E-state index >= 15 is 0 Å². The first-order chi connectivity index (χ1) is 11.3. The van der Waals surface area contributed by atoms with E-state index in [0.717, 1.165) is 11.9 Å². The van der Waals surface area contributed by atoms with Crippen molar-refractivity contribution in [1.82, 2.24) is 15.2 Å². The number of rotatable bonds is 5. The number of carbonyl (C=O) groups excluding carboxylic acids is 1. The Morgan fingerprint density at radius 3 is 2.57 bits per heavy atom. The lowest BCUT2D eigenvalue weighted by atomic mass is 10.0. The minimum absolute atomic E-state index is 0.0589. The first-order valence-corrected chi connectivity index (χ1v) is 9.01. The molecule has 2 N–H and O–H groups in total. The molecular formula is C18H28N4O. The normalized spacial score (nSPS) is 20.6. The molecule has 2 heterocycles. The number of hydrogen-bond donors (Lipinski definition) is 2. The van der Waals surface area contributed by atoms with Gasteiger partial charge in [0.2, 0.25) is 0 Å². The van der Waals surface area contributed by atoms with E-state index in [1.165, 1.54) is 51.6 Å². The van der Waals surface area contributed by atoms with E-state index in [9.17, 15) is 4.79 Å². The van der Waals surface area contributed by atoms with Gasteiger partial charge < -0.3 is 15.5 Å². The minimum Gasteiger partial charge on any atom is -0.367 e. The van der Waals surface area contributed by atoms with Crippen LogP contribution >= 0.6 is 0 Å². The number of aromatic nitrogens is 1. The Morgan fingerprint density at radius 1 is 1.22 bits per heavy atom. The third-order valence-electron chi connectivity index (χ3n) is 5.09. The Morgan fingerprint density at radius 2 is 1.96 bits per heavy atom. The van der Waals surface area contributed by atoms with Crippen LogP contribution < -0.4 is 10.6 Å². The SMILES string of the molecule is CCNC(=O)c1ccc(NC2CCN(C3CCCC3)CC2)nc1. The van der Waals surface area contributed by atoms with Crippen molar-refractivity contribution in [3.05, 3.63) is 23.9 Å². The number of nitrogens with one attached hydrogen (secondary N) is 2. The number of piperidine rings is 1. The first kappa shape index (κ1) is 16.2. The molecule has 1 saturated heterocycles. The van der Waals surface area contributed by atoms with Crippen molar-refractivity contribution in [3.63, 3.8) is 0 Å². The van der Waals surface area contributed by atoms with Gasteiger partial charge in [-0.2, -0.15) is 0 Å². The molecule has 0 spiro atoms. The predicted octanol–water partition coefficient (Wildman–Crippen LogP) is 2.65. The van der Waals surface area contributed by atoms with Gasteiger partial charge in [0.05, 0.1) is 5.56 Å². The molecule has 1 aromatic rings. The van der Waals surface area contributed by atoms with E-state index in [2.05, 4.69) is 20.5 Å². The maximum absolute atomic E-state index is 11.7. The maximum atomic E-state index is 11.7. The number of likely N-dealkylation sites (tertiary alicyclic amines) is 1. The quantitative estimate of drug-likeness (QED) is 0.877. The van der Waals surface area contributed by atoms with Gasteiger partial charge in [-0.25, -0.2) is 4.98 Å². The zero-order valence-electron chi connectivity index (χ0n) is 14.1. The second-order valence-corrected chi connectivity index (χ2v) is 6.68. The van der Waals surface area contributed by atoms with Gasteiger partial charge in [0.15, 0.2) is 0 Å². The van der Waals surface area contributed by atoms with Gasteiger partial charge in [-0.15, -0.1) is 0 Å². The highest BCUT2D eigenvalue weighted by Gasteiger charge is 2.27. The van der Waals surface area contributed by atoms with Gasteiger partial charge in [-0.1, -0.05) is 12.8 Å². The van der Waals surface area contributed by atoms with Crippen LogP contribution in [0.5, 0.6) is 0 Å². The van der Waals surface area contributed by atoms with Crippen LogP contribution in [0.15, 0.2) is 18.3 Å². The first-order valence-electron chi connectivity index (χ1n) is 9.01. The Balaban J connectivity index is 1.47. The van der Waals surface area contributed by atoms with Crippen molar-refractivity contribution < 1.29 is 4.79 Å². The zero-order chi connectivity index (χ0) is 16.1. The van der Waals surface area contributed by atoms with Crippen LogP contribution in [0.1, 0.15) is 55.8 Å². The largest absolute Gasteiger partial charge is 0.367 e. The van der Waals surface area contributed by atoms with Gasteiger partial charge in [0.1, 0.15) is 5.82 Å². The lowest BCUT2D eigenvalue weighted by Gasteiger charge is -2.36. The summed E-state index contributed by atoms with van der Waals surface area (Å²) in [6.07, 6.45) is 9.60. The number of pyridine rings is 1. The predicted molar refractivity (Wildman–Crippen MR) is 92.7 cm³/mol. The summed E-state index contributed by atoms with van der Waals surface area (Å²) >= 11 is 0. The van der Waals surface area contributed by atoms with Crippen molar-refractivity contribution in [1.29, 1.82) is 0 Å². The summed E-state index contributed by atoms with van der Waals surface area (Å²) < 4.78 is 0. The third-order valence-corrected chi connectivity index (χ3v) is 5.09. The average Bonchev–Trinajstić information content (AvgIpc) is 3.11. The number of carbonyl (C=O) groups is 1. The number of hydrogen-bond acceptors (Lipinski definition) is 4. The molecule has 0 aromatic carbocycles. The van der Waals surface area contributed by atoms with Crippen LogP contribution in [0, 0.1) is 0 Å². The molecular weight excluding hydrogens is 288 g/mol. The fourth-order valence-corrected chi connectivity index (χ4v) is 3.76. The van der Waals surface area contributed by atoms with Crippen LogP contribution in [-0.4, -0.2) is 47.5 Å². The second-order valence-electron chi connectivity index (χ2n) is 6.68. The standard InChI is InChI=1S/C18H28N4O/c1-2-19-18(23)14-7-8-17(20-13-14)21-15-9-11-22(12-10-15)16-5-3-4-6-16/h7-8,13,15-16H,2-6,9-12H2,1H3,(H,19,23)(H,20,21). The van der Waals surface area contributed by atoms with E-state index in [4.69, 9.17) is 0 Å². The Labute approximate surface area is 138 Å². The van der Waals surface area contributed by atoms with Crippen molar-refractivity contribution in [2.75, 3.05) is 25.0 Å². The summed E-state index contributed by atoms with van der Waals surface area (Å²) in [5.74, 6) is 0.814. The molecule has 1 amide bonds. The van der Waals surface area contributed by atoms with Crippen LogP contribution in [0.4, 0.5) is 5.82 Å². The van der Waals surface area contributed by atoms with Gasteiger partial charge in [0.25, 0.3) is 5.91 Å². The molecule has 3 rings (SSSR count). The van der Waals surface area contributed by atoms with Gasteiger partial charge in [-0.05, 0) is 44.7 Å². The van der Waals surface area contributed by atoms with E-state index in [-0.39, 0.29) is 5.91 Å². The fourth-order valence-electron chi connectivity index (χ4n) is 3.76. The highest BCUT2D eigenvalue weighted by Crippen LogP contribution is 2.26. The molecule has 0 radical (unpaired) electrons. The summed E-state index contributed by atoms with van der Waals surface area (Å²) in [5.41, 5.74) is 0.619. The highest BCUT2D eigenvalue weighted by molar-refractivity contribution is 5.93. The third kappa shape index (κ3) is 4.22.